The molecule has 3 aliphatic rings. The molecule has 0 aromatic carbocycles. The van der Waals surface area contributed by atoms with Crippen LogP contribution < -0.4 is 0 Å². The molecule has 3 heterocycles. The predicted molar refractivity (Wildman–Crippen MR) is 139 cm³/mol. The summed E-state index contributed by atoms with van der Waals surface area (Å²) >= 11 is 1.66. The minimum atomic E-state index is -0.642. The zero-order chi connectivity index (χ0) is 25.6. The van der Waals surface area contributed by atoms with Crippen LogP contribution in [0.1, 0.15) is 65.2 Å². The van der Waals surface area contributed by atoms with E-state index in [-0.39, 0.29) is 24.4 Å². The lowest BCUT2D eigenvalue weighted by Gasteiger charge is -2.37. The summed E-state index contributed by atoms with van der Waals surface area (Å²) in [6, 6.07) is -0.638. The highest BCUT2D eigenvalue weighted by Gasteiger charge is 2.77. The van der Waals surface area contributed by atoms with Crippen LogP contribution in [0, 0.1) is 11.8 Å². The summed E-state index contributed by atoms with van der Waals surface area (Å²) in [6.45, 7) is 13.3. The van der Waals surface area contributed by atoms with E-state index < -0.39 is 27.4 Å². The van der Waals surface area contributed by atoms with Gasteiger partial charge < -0.3 is 19.6 Å². The summed E-state index contributed by atoms with van der Waals surface area (Å²) in [5.74, 6) is -1.66. The molecule has 0 radical (unpaired) electrons. The fourth-order valence-electron chi connectivity index (χ4n) is 6.17. The van der Waals surface area contributed by atoms with Gasteiger partial charge in [0.15, 0.2) is 0 Å². The topological polar surface area (TPSA) is 87.1 Å². The molecule has 0 aliphatic carbocycles. The van der Waals surface area contributed by atoms with Crippen LogP contribution in [-0.4, -0.2) is 81.1 Å². The molecule has 0 aromatic heterocycles. The van der Waals surface area contributed by atoms with Crippen LogP contribution in [0.5, 0.6) is 0 Å². The summed E-state index contributed by atoms with van der Waals surface area (Å²) in [7, 11) is 0. The van der Waals surface area contributed by atoms with E-state index in [1.54, 1.807) is 27.6 Å². The molecule has 0 saturated carbocycles. The lowest BCUT2D eigenvalue weighted by atomic mass is 9.66. The van der Waals surface area contributed by atoms with Crippen LogP contribution in [0.3, 0.4) is 0 Å². The molecule has 2 unspecified atom stereocenters. The molecule has 0 aromatic rings. The third-order valence-corrected chi connectivity index (χ3v) is 9.80. The molecule has 7 nitrogen and oxygen atoms in total. The van der Waals surface area contributed by atoms with Crippen molar-refractivity contribution in [1.29, 1.82) is 0 Å². The van der Waals surface area contributed by atoms with Crippen molar-refractivity contribution in [3.63, 3.8) is 0 Å². The van der Waals surface area contributed by atoms with Gasteiger partial charge in [-0.05, 0) is 51.9 Å². The lowest BCUT2D eigenvalue weighted by molar-refractivity contribution is -0.155. The number of hydrogen-bond acceptors (Lipinski definition) is 6. The molecule has 3 saturated heterocycles. The standard InChI is InChI=1S/C27H42N2O5S/c1-5-8-10-11-19-34-25(33)21-20-23(31)29(17-12-18-30)22(27(20)14-13-26(21,4)35-27)24(32)28(15-7-3)16-9-6-2/h5,7,20-22,30H,1,3,6,8-19H2,2,4H3/t20-,21+,22?,26-,27?/m0/s1. The molecule has 196 valence electrons. The largest absolute Gasteiger partial charge is 0.465 e. The first-order valence-electron chi connectivity index (χ1n) is 13.1. The number of aliphatic hydroxyl groups is 1. The van der Waals surface area contributed by atoms with Gasteiger partial charge in [-0.3, -0.25) is 14.4 Å². The van der Waals surface area contributed by atoms with Crippen molar-refractivity contribution in [1.82, 2.24) is 9.80 Å². The number of aliphatic hydroxyl groups excluding tert-OH is 1. The monoisotopic (exact) mass is 506 g/mol. The molecular weight excluding hydrogens is 464 g/mol. The number of hydrogen-bond donors (Lipinski definition) is 1. The Morgan fingerprint density at radius 1 is 1.23 bits per heavy atom. The first kappa shape index (κ1) is 27.8. The first-order valence-corrected chi connectivity index (χ1v) is 13.9. The van der Waals surface area contributed by atoms with Crippen molar-refractivity contribution in [3.05, 3.63) is 25.3 Å². The smallest absolute Gasteiger partial charge is 0.311 e. The number of amides is 2. The number of rotatable bonds is 15. The second-order valence-electron chi connectivity index (χ2n) is 10.2. The van der Waals surface area contributed by atoms with Gasteiger partial charge in [0.05, 0.1) is 23.2 Å². The molecule has 1 N–H and O–H groups in total. The van der Waals surface area contributed by atoms with Crippen LogP contribution in [0.25, 0.3) is 0 Å². The number of esters is 1. The SMILES string of the molecule is C=CCCCCOC(=O)[C@H]1[C@H]2C(=O)N(CCCO)C(C(=O)N(CC=C)CCCC)C23CC[C@]1(C)S3. The predicted octanol–water partition coefficient (Wildman–Crippen LogP) is 3.56. The Kier molecular flexibility index (Phi) is 9.49. The van der Waals surface area contributed by atoms with E-state index >= 15 is 0 Å². The van der Waals surface area contributed by atoms with E-state index in [1.807, 2.05) is 6.08 Å². The number of nitrogens with zero attached hydrogens (tertiary/aromatic N) is 2. The van der Waals surface area contributed by atoms with Gasteiger partial charge in [-0.1, -0.05) is 25.5 Å². The summed E-state index contributed by atoms with van der Waals surface area (Å²) in [6.07, 6.45) is 9.84. The number of thioether (sulfide) groups is 1. The molecular formula is C27H42N2O5S. The highest BCUT2D eigenvalue weighted by molar-refractivity contribution is 8.02. The molecule has 35 heavy (non-hydrogen) atoms. The number of carbonyl (C=O) groups excluding carboxylic acids is 3. The van der Waals surface area contributed by atoms with E-state index in [0.29, 0.717) is 32.7 Å². The van der Waals surface area contributed by atoms with Crippen molar-refractivity contribution >= 4 is 29.5 Å². The minimum Gasteiger partial charge on any atom is -0.465 e. The molecule has 1 spiro atoms. The highest BCUT2D eigenvalue weighted by atomic mass is 32.2. The average Bonchev–Trinajstić information content (AvgIpc) is 3.40. The normalized spacial score (nSPS) is 30.9. The Hall–Kier alpha value is -1.80. The van der Waals surface area contributed by atoms with Gasteiger partial charge in [-0.2, -0.15) is 0 Å². The number of carbonyl (C=O) groups is 3. The fourth-order valence-corrected chi connectivity index (χ4v) is 8.51. The fraction of sp³-hybridized carbons (Fsp3) is 0.741. The van der Waals surface area contributed by atoms with Crippen molar-refractivity contribution in [3.8, 4) is 0 Å². The third kappa shape index (κ3) is 5.19. The van der Waals surface area contributed by atoms with E-state index in [4.69, 9.17) is 4.74 Å². The Bertz CT molecular complexity index is 819. The molecule has 2 bridgehead atoms. The summed E-state index contributed by atoms with van der Waals surface area (Å²) in [5.41, 5.74) is 0. The number of fused-ring (bicyclic) bond motifs is 1. The Balaban J connectivity index is 1.91. The summed E-state index contributed by atoms with van der Waals surface area (Å²) in [5, 5.41) is 9.49. The van der Waals surface area contributed by atoms with Crippen LogP contribution in [0.4, 0.5) is 0 Å². The molecule has 3 aliphatic heterocycles. The zero-order valence-electron chi connectivity index (χ0n) is 21.4. The van der Waals surface area contributed by atoms with Gasteiger partial charge in [0, 0.05) is 31.0 Å². The minimum absolute atomic E-state index is 0.0599. The van der Waals surface area contributed by atoms with Gasteiger partial charge in [0.25, 0.3) is 0 Å². The first-order chi connectivity index (χ1) is 16.8. The van der Waals surface area contributed by atoms with E-state index in [0.717, 1.165) is 44.9 Å². The highest BCUT2D eigenvalue weighted by Crippen LogP contribution is 2.71. The van der Waals surface area contributed by atoms with Crippen LogP contribution in [0.2, 0.25) is 0 Å². The van der Waals surface area contributed by atoms with Gasteiger partial charge >= 0.3 is 5.97 Å². The summed E-state index contributed by atoms with van der Waals surface area (Å²) in [4.78, 5) is 44.7. The zero-order valence-corrected chi connectivity index (χ0v) is 22.2. The van der Waals surface area contributed by atoms with E-state index in [2.05, 4.69) is 27.0 Å². The van der Waals surface area contributed by atoms with Crippen molar-refractivity contribution in [2.45, 2.75) is 80.7 Å². The molecule has 3 rings (SSSR count). The Morgan fingerprint density at radius 3 is 2.66 bits per heavy atom. The van der Waals surface area contributed by atoms with Gasteiger partial charge in [0.2, 0.25) is 11.8 Å². The van der Waals surface area contributed by atoms with E-state index in [1.165, 1.54) is 0 Å². The maximum Gasteiger partial charge on any atom is 0.311 e. The second kappa shape index (κ2) is 12.0. The molecule has 2 amide bonds. The number of ether oxygens (including phenoxy) is 1. The maximum absolute atomic E-state index is 14.0. The summed E-state index contributed by atoms with van der Waals surface area (Å²) < 4.78 is 4.62. The number of allylic oxidation sites excluding steroid dienone is 1. The van der Waals surface area contributed by atoms with Gasteiger partial charge in [0.1, 0.15) is 6.04 Å². The maximum atomic E-state index is 14.0. The quantitative estimate of drug-likeness (QED) is 0.208. The van der Waals surface area contributed by atoms with E-state index in [9.17, 15) is 19.5 Å². The molecule has 8 heteroatoms. The molecule has 5 atom stereocenters. The van der Waals surface area contributed by atoms with Gasteiger partial charge in [-0.15, -0.1) is 24.9 Å². The molecule has 3 fully saturated rings. The number of unbranched alkanes of at least 4 members (excludes halogenated alkanes) is 3. The van der Waals surface area contributed by atoms with Crippen LogP contribution in [-0.2, 0) is 19.1 Å². The van der Waals surface area contributed by atoms with Crippen molar-refractivity contribution < 1.29 is 24.2 Å². The van der Waals surface area contributed by atoms with Crippen LogP contribution in [0.15, 0.2) is 25.3 Å². The van der Waals surface area contributed by atoms with Crippen LogP contribution >= 0.6 is 11.8 Å². The second-order valence-corrected chi connectivity index (χ2v) is 12.1. The number of likely N-dealkylation sites (tertiary alicyclic amines) is 1. The third-order valence-electron chi connectivity index (χ3n) is 7.81. The average molecular weight is 507 g/mol. The van der Waals surface area contributed by atoms with Crippen molar-refractivity contribution in [2.24, 2.45) is 11.8 Å². The Labute approximate surface area is 214 Å². The Morgan fingerprint density at radius 2 is 2.00 bits per heavy atom. The van der Waals surface area contributed by atoms with Crippen molar-refractivity contribution in [2.75, 3.05) is 32.8 Å². The lowest BCUT2D eigenvalue weighted by Crippen LogP contribution is -2.55. The van der Waals surface area contributed by atoms with Gasteiger partial charge in [-0.25, -0.2) is 0 Å².